The van der Waals surface area contributed by atoms with E-state index in [9.17, 15) is 9.59 Å². The van der Waals surface area contributed by atoms with Crippen LogP contribution in [0, 0.1) is 0 Å². The molecule has 0 aliphatic carbocycles. The van der Waals surface area contributed by atoms with Crippen molar-refractivity contribution in [3.05, 3.63) is 33.3 Å². The Hall–Kier alpha value is -0.805. The van der Waals surface area contributed by atoms with Gasteiger partial charge in [-0.25, -0.2) is 0 Å². The van der Waals surface area contributed by atoms with Gasteiger partial charge in [0.25, 0.3) is 0 Å². The number of amides is 1. The summed E-state index contributed by atoms with van der Waals surface area (Å²) in [6, 6.07) is 5.81. The number of halogens is 2. The van der Waals surface area contributed by atoms with Gasteiger partial charge in [0.05, 0.1) is 0 Å². The predicted molar refractivity (Wildman–Crippen MR) is 76.6 cm³/mol. The second kappa shape index (κ2) is 5.89. The van der Waals surface area contributed by atoms with E-state index < -0.39 is 0 Å². The minimum absolute atomic E-state index is 0.0559. The lowest BCUT2D eigenvalue weighted by Gasteiger charge is -2.23. The van der Waals surface area contributed by atoms with Gasteiger partial charge in [-0.15, -0.1) is 0 Å². The van der Waals surface area contributed by atoms with Crippen molar-refractivity contribution in [1.29, 1.82) is 0 Å². The molecule has 1 amide bonds. The van der Waals surface area contributed by atoms with Gasteiger partial charge in [0.1, 0.15) is 6.19 Å². The maximum Gasteiger partial charge on any atom is 0.313 e. The largest absolute Gasteiger partial charge is 0.379 e. The third kappa shape index (κ3) is 2.95. The Morgan fingerprint density at radius 1 is 1.56 bits per heavy atom. The minimum atomic E-state index is 0.0559. The van der Waals surface area contributed by atoms with Crippen molar-refractivity contribution < 1.29 is 9.59 Å². The molecule has 0 spiro atoms. The summed E-state index contributed by atoms with van der Waals surface area (Å²) in [4.78, 5) is 23.9. The van der Waals surface area contributed by atoms with Gasteiger partial charge in [0, 0.05) is 22.0 Å². The summed E-state index contributed by atoms with van der Waals surface area (Å²) in [6.07, 6.45) is 2.79. The van der Waals surface area contributed by atoms with Crippen LogP contribution in [0.3, 0.4) is 0 Å². The van der Waals surface area contributed by atoms with E-state index in [1.165, 1.54) is 0 Å². The van der Waals surface area contributed by atoms with Crippen LogP contribution in [-0.4, -0.2) is 30.4 Å². The quantitative estimate of drug-likeness (QED) is 0.627. The Morgan fingerprint density at radius 3 is 3.00 bits per heavy atom. The first-order valence-electron chi connectivity index (χ1n) is 5.79. The summed E-state index contributed by atoms with van der Waals surface area (Å²) >= 11 is 9.53. The van der Waals surface area contributed by atoms with Crippen molar-refractivity contribution in [3.63, 3.8) is 0 Å². The Kier molecular flexibility index (Phi) is 4.46. The number of carbonyl (C=O) groups is 2. The first-order valence-corrected chi connectivity index (χ1v) is 6.96. The molecular weight excluding hydrogens is 316 g/mol. The highest BCUT2D eigenvalue weighted by molar-refractivity contribution is 9.10. The molecular formula is C12H12BBrClNO2. The maximum absolute atomic E-state index is 11.6. The van der Waals surface area contributed by atoms with Crippen molar-refractivity contribution in [2.75, 3.05) is 0 Å². The molecule has 0 radical (unpaired) electrons. The number of carbonyl (C=O) groups excluding carboxylic acids is 2. The van der Waals surface area contributed by atoms with Gasteiger partial charge >= 0.3 is 7.41 Å². The molecule has 1 saturated heterocycles. The maximum atomic E-state index is 11.6. The lowest BCUT2D eigenvalue weighted by atomic mass is 9.91. The van der Waals surface area contributed by atoms with Crippen LogP contribution >= 0.6 is 27.5 Å². The number of nitrogens with zero attached hydrogens (tertiary/aromatic N) is 1. The summed E-state index contributed by atoms with van der Waals surface area (Å²) in [5.41, 5.74) is 1.01. The molecule has 0 bridgehead atoms. The van der Waals surface area contributed by atoms with Gasteiger partial charge in [-0.05, 0) is 30.5 Å². The van der Waals surface area contributed by atoms with Gasteiger partial charge in [-0.1, -0.05) is 33.6 Å². The Balaban J connectivity index is 2.13. The van der Waals surface area contributed by atoms with E-state index in [0.29, 0.717) is 17.9 Å². The summed E-state index contributed by atoms with van der Waals surface area (Å²) < 4.78 is 0.934. The van der Waals surface area contributed by atoms with Crippen molar-refractivity contribution >= 4 is 47.0 Å². The molecule has 0 aromatic heterocycles. The Bertz CT molecular complexity index is 483. The lowest BCUT2D eigenvalue weighted by molar-refractivity contribution is -0.124. The fourth-order valence-electron chi connectivity index (χ4n) is 2.28. The molecule has 0 N–H and O–H groups in total. The van der Waals surface area contributed by atoms with Crippen LogP contribution in [0.1, 0.15) is 18.4 Å². The monoisotopic (exact) mass is 327 g/mol. The zero-order valence-corrected chi connectivity index (χ0v) is 12.1. The first kappa shape index (κ1) is 13.6. The number of hydrogen-bond donors (Lipinski definition) is 0. The standard InChI is InChI=1S/C12H12BBrClNO2/c14-9-2-1-8(11(15)6-9)5-10-3-4-12(18)16(10)13-7-17/h1-2,6-7,10,13H,3-5H2. The van der Waals surface area contributed by atoms with Crippen molar-refractivity contribution in [2.45, 2.75) is 25.3 Å². The zero-order chi connectivity index (χ0) is 13.1. The highest BCUT2D eigenvalue weighted by Crippen LogP contribution is 2.27. The van der Waals surface area contributed by atoms with E-state index in [1.807, 2.05) is 18.2 Å². The third-order valence-corrected chi connectivity index (χ3v) is 4.04. The van der Waals surface area contributed by atoms with Crippen molar-refractivity contribution in [2.24, 2.45) is 0 Å². The first-order chi connectivity index (χ1) is 8.61. The molecule has 1 atom stereocenters. The molecule has 1 aliphatic heterocycles. The molecule has 1 aromatic rings. The predicted octanol–water partition coefficient (Wildman–Crippen LogP) is 2.18. The molecule has 2 rings (SSSR count). The summed E-state index contributed by atoms with van der Waals surface area (Å²) in [5.74, 6) is 0.0559. The van der Waals surface area contributed by atoms with Crippen LogP contribution in [0.2, 0.25) is 5.02 Å². The number of benzene rings is 1. The topological polar surface area (TPSA) is 37.4 Å². The number of rotatable bonds is 4. The van der Waals surface area contributed by atoms with Crippen LogP contribution in [0.4, 0.5) is 0 Å². The molecule has 1 aliphatic rings. The zero-order valence-electron chi connectivity index (χ0n) is 9.73. The normalized spacial score (nSPS) is 19.1. The Labute approximate surface area is 120 Å². The van der Waals surface area contributed by atoms with Crippen LogP contribution in [0.25, 0.3) is 0 Å². The second-order valence-electron chi connectivity index (χ2n) is 4.35. The lowest BCUT2D eigenvalue weighted by Crippen LogP contribution is -2.38. The summed E-state index contributed by atoms with van der Waals surface area (Å²) in [5, 5.41) is 0.690. The van der Waals surface area contributed by atoms with E-state index in [1.54, 1.807) is 4.81 Å². The van der Waals surface area contributed by atoms with E-state index in [-0.39, 0.29) is 19.4 Å². The minimum Gasteiger partial charge on any atom is -0.379 e. The van der Waals surface area contributed by atoms with Gasteiger partial charge in [0.15, 0.2) is 0 Å². The smallest absolute Gasteiger partial charge is 0.313 e. The van der Waals surface area contributed by atoms with Gasteiger partial charge < -0.3 is 9.61 Å². The highest BCUT2D eigenvalue weighted by Gasteiger charge is 2.30. The number of hydrogen-bond acceptors (Lipinski definition) is 2. The molecule has 94 valence electrons. The fourth-order valence-corrected chi connectivity index (χ4v) is 3.03. The molecule has 18 heavy (non-hydrogen) atoms. The molecule has 1 unspecified atom stereocenters. The van der Waals surface area contributed by atoms with E-state index >= 15 is 0 Å². The van der Waals surface area contributed by atoms with E-state index in [4.69, 9.17) is 11.6 Å². The summed E-state index contributed by atoms with van der Waals surface area (Å²) in [7, 11) is 0.178. The van der Waals surface area contributed by atoms with Crippen LogP contribution in [-0.2, 0) is 16.0 Å². The molecule has 1 fully saturated rings. The van der Waals surface area contributed by atoms with E-state index in [0.717, 1.165) is 22.6 Å². The SMILES string of the molecule is O=CBN1C(=O)CCC1Cc1ccc(Br)cc1Cl. The fraction of sp³-hybridized carbons (Fsp3) is 0.333. The van der Waals surface area contributed by atoms with Crippen LogP contribution < -0.4 is 0 Å². The van der Waals surface area contributed by atoms with Crippen LogP contribution in [0.15, 0.2) is 22.7 Å². The highest BCUT2D eigenvalue weighted by atomic mass is 79.9. The van der Waals surface area contributed by atoms with Crippen molar-refractivity contribution in [3.8, 4) is 0 Å². The summed E-state index contributed by atoms with van der Waals surface area (Å²) in [6.45, 7) is 0. The average molecular weight is 328 g/mol. The van der Waals surface area contributed by atoms with Gasteiger partial charge in [-0.3, -0.25) is 4.79 Å². The Morgan fingerprint density at radius 2 is 2.33 bits per heavy atom. The molecule has 1 aromatic carbocycles. The average Bonchev–Trinajstić information content (AvgIpc) is 2.66. The van der Waals surface area contributed by atoms with Crippen molar-refractivity contribution in [1.82, 2.24) is 4.81 Å². The molecule has 3 nitrogen and oxygen atoms in total. The van der Waals surface area contributed by atoms with Gasteiger partial charge in [0.2, 0.25) is 5.91 Å². The second-order valence-corrected chi connectivity index (χ2v) is 5.67. The van der Waals surface area contributed by atoms with Gasteiger partial charge in [-0.2, -0.15) is 0 Å². The molecule has 0 saturated carbocycles. The van der Waals surface area contributed by atoms with Crippen LogP contribution in [0.5, 0.6) is 0 Å². The molecule has 1 heterocycles. The van der Waals surface area contributed by atoms with E-state index in [2.05, 4.69) is 15.9 Å². The third-order valence-electron chi connectivity index (χ3n) is 3.19. The molecule has 6 heteroatoms.